The van der Waals surface area contributed by atoms with Crippen LogP contribution in [-0.2, 0) is 9.59 Å². The molecular weight excluding hydrogens is 427 g/mol. The predicted octanol–water partition coefficient (Wildman–Crippen LogP) is 1.40. The van der Waals surface area contributed by atoms with Crippen LogP contribution in [0, 0.1) is 17.7 Å². The van der Waals surface area contributed by atoms with Gasteiger partial charge in [0.05, 0.1) is 18.6 Å². The Morgan fingerprint density at radius 2 is 2.13 bits per heavy atom. The first-order chi connectivity index (χ1) is 14.9. The topological polar surface area (TPSA) is 131 Å². The summed E-state index contributed by atoms with van der Waals surface area (Å²) in [6.45, 7) is 0.595. The molecule has 31 heavy (non-hydrogen) atoms. The number of hydroxylamine groups is 2. The van der Waals surface area contributed by atoms with Crippen molar-refractivity contribution in [1.82, 2.24) is 20.5 Å². The summed E-state index contributed by atoms with van der Waals surface area (Å²) < 4.78 is 15.0. The average molecular weight is 457 g/mol. The maximum atomic E-state index is 15.0. The van der Waals surface area contributed by atoms with Crippen molar-refractivity contribution in [3.63, 3.8) is 0 Å². The van der Waals surface area contributed by atoms with Gasteiger partial charge in [-0.2, -0.15) is 4.39 Å². The van der Waals surface area contributed by atoms with E-state index in [1.54, 1.807) is 11.2 Å². The van der Waals surface area contributed by atoms with Crippen LogP contribution < -0.4 is 15.8 Å². The molecule has 1 saturated heterocycles. The number of thioether (sulfide) groups is 1. The van der Waals surface area contributed by atoms with Gasteiger partial charge in [0.2, 0.25) is 18.1 Å². The van der Waals surface area contributed by atoms with Crippen molar-refractivity contribution < 1.29 is 24.3 Å². The van der Waals surface area contributed by atoms with Crippen LogP contribution in [-0.4, -0.2) is 69.7 Å². The van der Waals surface area contributed by atoms with Gasteiger partial charge in [0.25, 0.3) is 0 Å². The number of nitrogens with zero attached hydrogens (tertiary/aromatic N) is 4. The van der Waals surface area contributed by atoms with Crippen LogP contribution in [0.2, 0.25) is 0 Å². The lowest BCUT2D eigenvalue weighted by Crippen LogP contribution is -2.41. The summed E-state index contributed by atoms with van der Waals surface area (Å²) in [5.74, 6) is -1.60. The van der Waals surface area contributed by atoms with Crippen molar-refractivity contribution >= 4 is 35.7 Å². The van der Waals surface area contributed by atoms with Crippen LogP contribution in [0.5, 0.6) is 0 Å². The van der Waals surface area contributed by atoms with E-state index in [9.17, 15) is 19.9 Å². The number of aromatic nitrogens is 2. The first-order valence-electron chi connectivity index (χ1n) is 10.4. The molecule has 3 rings (SSSR count). The van der Waals surface area contributed by atoms with E-state index in [0.29, 0.717) is 35.5 Å². The smallest absolute Gasteiger partial charge is 0.243 e. The molecule has 1 aliphatic heterocycles. The van der Waals surface area contributed by atoms with E-state index < -0.39 is 23.7 Å². The molecule has 10 nitrogen and oxygen atoms in total. The van der Waals surface area contributed by atoms with E-state index in [0.717, 1.165) is 25.7 Å². The number of hydrogen-bond acceptors (Lipinski definition) is 9. The summed E-state index contributed by atoms with van der Waals surface area (Å²) in [4.78, 5) is 33.5. The fourth-order valence-electron chi connectivity index (χ4n) is 4.14. The van der Waals surface area contributed by atoms with E-state index in [4.69, 9.17) is 0 Å². The minimum absolute atomic E-state index is 0.0673. The zero-order chi connectivity index (χ0) is 22.4. The number of rotatable bonds is 10. The molecule has 1 aliphatic carbocycles. The molecule has 2 amide bonds. The number of aliphatic hydroxyl groups excluding tert-OH is 1. The Kier molecular flexibility index (Phi) is 8.27. The highest BCUT2D eigenvalue weighted by molar-refractivity contribution is 7.98. The highest BCUT2D eigenvalue weighted by Gasteiger charge is 2.29. The number of aliphatic hydroxyl groups is 1. The van der Waals surface area contributed by atoms with Gasteiger partial charge in [0.1, 0.15) is 0 Å². The summed E-state index contributed by atoms with van der Waals surface area (Å²) in [6.07, 6.45) is 6.74. The molecule has 1 aromatic rings. The average Bonchev–Trinajstić information content (AvgIpc) is 3.43. The Hall–Kier alpha value is -2.18. The summed E-state index contributed by atoms with van der Waals surface area (Å²) in [5, 5.41) is 20.1. The zero-order valence-corrected chi connectivity index (χ0v) is 18.3. The number of hydrogen-bond donors (Lipinski definition) is 4. The first kappa shape index (κ1) is 23.5. The molecule has 4 N–H and O–H groups in total. The van der Waals surface area contributed by atoms with Gasteiger partial charge in [-0.25, -0.2) is 15.0 Å². The van der Waals surface area contributed by atoms with E-state index in [1.807, 2.05) is 0 Å². The lowest BCUT2D eigenvalue weighted by molar-refractivity contribution is -0.154. The van der Waals surface area contributed by atoms with Gasteiger partial charge in [-0.1, -0.05) is 37.4 Å². The number of halogens is 1. The van der Waals surface area contributed by atoms with Gasteiger partial charge in [-0.05, 0) is 25.0 Å². The molecule has 0 spiro atoms. The third kappa shape index (κ3) is 6.17. The molecular formula is C19H29FN6O4S. The molecule has 2 atom stereocenters. The Labute approximate surface area is 184 Å². The van der Waals surface area contributed by atoms with Crippen molar-refractivity contribution in [1.29, 1.82) is 0 Å². The number of hydrazine groups is 1. The van der Waals surface area contributed by atoms with Gasteiger partial charge in [-0.3, -0.25) is 25.6 Å². The second kappa shape index (κ2) is 10.9. The van der Waals surface area contributed by atoms with Gasteiger partial charge < -0.3 is 10.0 Å². The van der Waals surface area contributed by atoms with Gasteiger partial charge in [-0.15, -0.1) is 0 Å². The fourth-order valence-corrected chi connectivity index (χ4v) is 4.50. The van der Waals surface area contributed by atoms with E-state index >= 15 is 4.39 Å². The van der Waals surface area contributed by atoms with E-state index in [2.05, 4.69) is 20.8 Å². The van der Waals surface area contributed by atoms with Gasteiger partial charge >= 0.3 is 0 Å². The summed E-state index contributed by atoms with van der Waals surface area (Å²) >= 11 is 1.23. The van der Waals surface area contributed by atoms with Crippen molar-refractivity contribution in [2.45, 2.75) is 49.8 Å². The molecule has 1 aromatic heterocycles. The molecule has 0 unspecified atom stereocenters. The molecule has 0 aromatic carbocycles. The number of amides is 2. The Morgan fingerprint density at radius 3 is 2.74 bits per heavy atom. The highest BCUT2D eigenvalue weighted by atomic mass is 32.2. The maximum Gasteiger partial charge on any atom is 0.243 e. The minimum atomic E-state index is -0.726. The number of nitrogens with one attached hydrogen (secondary N) is 2. The van der Waals surface area contributed by atoms with Gasteiger partial charge in [0.15, 0.2) is 16.8 Å². The molecule has 0 radical (unpaired) electrons. The number of carbonyl (C=O) groups is 2. The van der Waals surface area contributed by atoms with Crippen molar-refractivity contribution in [3.8, 4) is 0 Å². The molecule has 2 fully saturated rings. The summed E-state index contributed by atoms with van der Waals surface area (Å²) in [5.41, 5.74) is 5.01. The highest BCUT2D eigenvalue weighted by Crippen LogP contribution is 2.31. The Morgan fingerprint density at radius 1 is 1.39 bits per heavy atom. The van der Waals surface area contributed by atoms with Crippen LogP contribution in [0.3, 0.4) is 0 Å². The van der Waals surface area contributed by atoms with Gasteiger partial charge in [0, 0.05) is 13.1 Å². The van der Waals surface area contributed by atoms with Crippen molar-refractivity contribution in [2.24, 2.45) is 11.8 Å². The zero-order valence-electron chi connectivity index (χ0n) is 17.5. The second-order valence-corrected chi connectivity index (χ2v) is 8.78. The van der Waals surface area contributed by atoms with Crippen LogP contribution in [0.4, 0.5) is 16.0 Å². The van der Waals surface area contributed by atoms with Crippen molar-refractivity contribution in [3.05, 3.63) is 5.82 Å². The lowest BCUT2D eigenvalue weighted by atomic mass is 9.92. The van der Waals surface area contributed by atoms with E-state index in [1.165, 1.54) is 11.8 Å². The number of β-amino-alcohol motifs (C(OH)–C–C–N with tert-alkyl or cyclic N) is 1. The second-order valence-electron chi connectivity index (χ2n) is 8.01. The molecule has 1 saturated carbocycles. The Balaban J connectivity index is 1.71. The molecule has 2 heterocycles. The number of carbonyl (C=O) groups excluding carboxylic acids is 2. The largest absolute Gasteiger partial charge is 0.391 e. The SMILES string of the molecule is CSc1nc(NNC(=O)[C@@H](CC2CCCC2)CN(O)C=O)c(F)c(N2CC[C@@H](O)C2)n1. The monoisotopic (exact) mass is 456 g/mol. The Bertz CT molecular complexity index is 782. The molecule has 12 heteroatoms. The summed E-state index contributed by atoms with van der Waals surface area (Å²) in [6, 6.07) is 0. The first-order valence-corrected chi connectivity index (χ1v) is 11.6. The predicted molar refractivity (Wildman–Crippen MR) is 113 cm³/mol. The van der Waals surface area contributed by atoms with E-state index in [-0.39, 0.29) is 31.1 Å². The maximum absolute atomic E-state index is 15.0. The van der Waals surface area contributed by atoms with Crippen LogP contribution >= 0.6 is 11.8 Å². The fraction of sp³-hybridized carbons (Fsp3) is 0.684. The van der Waals surface area contributed by atoms with Crippen LogP contribution in [0.25, 0.3) is 0 Å². The standard InChI is InChI=1S/C19H29FN6O4S/c1-31-19-21-16(15(20)17(22-19)25-7-6-14(28)10-25)23-24-18(29)13(9-26(30)11-27)8-12-4-2-3-5-12/h11-14,28,30H,2-10H2,1H3,(H,24,29)(H,21,22,23)/t13-,14+/m0/s1. The number of anilines is 2. The molecule has 2 aliphatic rings. The summed E-state index contributed by atoms with van der Waals surface area (Å²) in [7, 11) is 0. The minimum Gasteiger partial charge on any atom is -0.391 e. The molecule has 172 valence electrons. The van der Waals surface area contributed by atoms with Crippen LogP contribution in [0.1, 0.15) is 38.5 Å². The molecule has 0 bridgehead atoms. The third-order valence-electron chi connectivity index (χ3n) is 5.76. The lowest BCUT2D eigenvalue weighted by Gasteiger charge is -2.23. The van der Waals surface area contributed by atoms with Crippen molar-refractivity contribution in [2.75, 3.05) is 36.2 Å². The van der Waals surface area contributed by atoms with Crippen LogP contribution in [0.15, 0.2) is 5.16 Å². The third-order valence-corrected chi connectivity index (χ3v) is 6.30. The quantitative estimate of drug-likeness (QED) is 0.136. The normalized spacial score (nSPS) is 20.0.